The van der Waals surface area contributed by atoms with Gasteiger partial charge in [-0.25, -0.2) is 4.79 Å². The van der Waals surface area contributed by atoms with E-state index >= 15 is 0 Å². The van der Waals surface area contributed by atoms with Gasteiger partial charge in [0, 0.05) is 18.0 Å². The van der Waals surface area contributed by atoms with Crippen LogP contribution in [-0.4, -0.2) is 35.7 Å². The maximum atomic E-state index is 11.7. The molecule has 10 heteroatoms. The fraction of sp³-hybridized carbons (Fsp3) is 0.900. The van der Waals surface area contributed by atoms with Gasteiger partial charge in [0.2, 0.25) is 0 Å². The molecule has 1 amide bonds. The van der Waals surface area contributed by atoms with Gasteiger partial charge in [-0.1, -0.05) is 5.11 Å². The van der Waals surface area contributed by atoms with Crippen molar-refractivity contribution in [2.75, 3.05) is 13.1 Å². The van der Waals surface area contributed by atoms with E-state index < -0.39 is 5.60 Å². The molecule has 0 spiro atoms. The first-order valence-corrected chi connectivity index (χ1v) is 5.84. The Kier molecular flexibility index (Phi) is 11.3. The van der Waals surface area contributed by atoms with Gasteiger partial charge in [-0.15, -0.1) is 0 Å². The molecule has 0 aromatic rings. The summed E-state index contributed by atoms with van der Waals surface area (Å²) in [4.78, 5) is 17.6. The monoisotopic (exact) mass is 291 g/mol. The molecule has 20 heavy (non-hydrogen) atoms. The van der Waals surface area contributed by atoms with Crippen molar-refractivity contribution in [3.63, 3.8) is 0 Å². The van der Waals surface area contributed by atoms with Crippen molar-refractivity contribution >= 4 is 6.09 Å². The van der Waals surface area contributed by atoms with Crippen molar-refractivity contribution in [3.05, 3.63) is 26.4 Å². The van der Waals surface area contributed by atoms with Crippen LogP contribution in [0, 0.1) is 0 Å². The van der Waals surface area contributed by atoms with Crippen molar-refractivity contribution in [2.45, 2.75) is 45.3 Å². The molecule has 0 aromatic carbocycles. The molecule has 9 nitrogen and oxygen atoms in total. The van der Waals surface area contributed by atoms with Crippen LogP contribution in [0.15, 0.2) is 5.11 Å². The molecule has 1 saturated heterocycles. The maximum Gasteiger partial charge on any atom is 1.00 e. The van der Waals surface area contributed by atoms with Crippen molar-refractivity contribution in [1.29, 1.82) is 0 Å². The third-order valence-electron chi connectivity index (χ3n) is 2.26. The predicted molar refractivity (Wildman–Crippen MR) is 70.1 cm³/mol. The number of hydrogen-bond acceptors (Lipinski definition) is 3. The average Bonchev–Trinajstić information content (AvgIpc) is 2.28. The van der Waals surface area contributed by atoms with E-state index in [1.807, 2.05) is 20.8 Å². The zero-order valence-corrected chi connectivity index (χ0v) is 14.4. The summed E-state index contributed by atoms with van der Waals surface area (Å²) in [7, 11) is 0. The van der Waals surface area contributed by atoms with E-state index in [0.717, 1.165) is 12.8 Å². The summed E-state index contributed by atoms with van der Waals surface area (Å²) >= 11 is 0. The number of likely N-dealkylation sites (tertiary alicyclic amines) is 1. The molecule has 0 saturated carbocycles. The molecule has 1 aliphatic rings. The van der Waals surface area contributed by atoms with Gasteiger partial charge in [0.25, 0.3) is 0 Å². The quantitative estimate of drug-likeness (QED) is 0.302. The minimum absolute atomic E-state index is 0. The van der Waals surface area contributed by atoms with Crippen LogP contribution in [0.3, 0.4) is 0 Å². The smallest absolute Gasteiger partial charge is 0.444 e. The summed E-state index contributed by atoms with van der Waals surface area (Å²) in [6, 6.07) is -0.119. The first-order valence-electron chi connectivity index (χ1n) is 5.84. The van der Waals surface area contributed by atoms with Crippen LogP contribution in [0.25, 0.3) is 26.4 Å². The Hall–Kier alpha value is -1.11. The van der Waals surface area contributed by atoms with Crippen LogP contribution in [0.1, 0.15) is 33.6 Å². The number of rotatable bonds is 1. The summed E-state index contributed by atoms with van der Waals surface area (Å²) in [5.74, 6) is 0. The number of amides is 1. The molecule has 0 bridgehead atoms. The third-order valence-corrected chi connectivity index (χ3v) is 2.26. The number of piperidine rings is 1. The van der Waals surface area contributed by atoms with Crippen LogP contribution in [0.4, 0.5) is 4.79 Å². The molecule has 0 N–H and O–H groups in total. The molecule has 1 heterocycles. The molecule has 0 aliphatic carbocycles. The Morgan fingerprint density at radius 3 is 2.35 bits per heavy atom. The van der Waals surface area contributed by atoms with Crippen LogP contribution >= 0.6 is 0 Å². The molecule has 0 radical (unpaired) electrons. The van der Waals surface area contributed by atoms with E-state index in [2.05, 4.69) is 10.0 Å². The predicted octanol–water partition coefficient (Wildman–Crippen LogP) is 0.566. The Morgan fingerprint density at radius 1 is 1.35 bits per heavy atom. The number of hydrogen-bond donors (Lipinski definition) is 0. The van der Waals surface area contributed by atoms with Crippen LogP contribution in [-0.2, 0) is 4.74 Å². The number of ether oxygens (including phenoxy) is 1. The van der Waals surface area contributed by atoms with E-state index in [1.165, 1.54) is 4.91 Å². The van der Waals surface area contributed by atoms with Crippen LogP contribution in [0.5, 0.6) is 0 Å². The minimum atomic E-state index is -0.484. The molecule has 0 aromatic heterocycles. The van der Waals surface area contributed by atoms with E-state index in [0.29, 0.717) is 13.1 Å². The zero-order chi connectivity index (χ0) is 14.9. The number of carbonyl (C=O) groups is 1. The molecular formula is C10H18N7NaO2. The van der Waals surface area contributed by atoms with E-state index in [1.54, 1.807) is 4.90 Å². The summed E-state index contributed by atoms with van der Waals surface area (Å²) < 4.78 is 5.26. The first kappa shape index (κ1) is 21.2. The second kappa shape index (κ2) is 10.7. The molecule has 1 rings (SSSR count). The van der Waals surface area contributed by atoms with Crippen LogP contribution in [0.2, 0.25) is 0 Å². The Morgan fingerprint density at radius 2 is 1.90 bits per heavy atom. The van der Waals surface area contributed by atoms with E-state index in [9.17, 15) is 4.79 Å². The average molecular weight is 291 g/mol. The topological polar surface area (TPSA) is 137 Å². The Labute approximate surface area is 140 Å². The minimum Gasteiger partial charge on any atom is -0.444 e. The van der Waals surface area contributed by atoms with Crippen molar-refractivity contribution in [1.82, 2.24) is 4.90 Å². The molecule has 1 atom stereocenters. The summed E-state index contributed by atoms with van der Waals surface area (Å²) in [5.41, 5.74) is 21.4. The van der Waals surface area contributed by atoms with Gasteiger partial charge >= 0.3 is 35.7 Å². The van der Waals surface area contributed by atoms with Crippen molar-refractivity contribution in [2.24, 2.45) is 5.11 Å². The van der Waals surface area contributed by atoms with Gasteiger partial charge < -0.3 is 20.7 Å². The van der Waals surface area contributed by atoms with E-state index in [4.69, 9.17) is 21.3 Å². The zero-order valence-electron chi connectivity index (χ0n) is 12.4. The van der Waals surface area contributed by atoms with Gasteiger partial charge in [-0.3, -0.25) is 4.91 Å². The summed E-state index contributed by atoms with van der Waals surface area (Å²) in [5, 5.41) is 3.64. The van der Waals surface area contributed by atoms with Gasteiger partial charge in [0.05, 0.1) is 6.04 Å². The van der Waals surface area contributed by atoms with Crippen molar-refractivity contribution < 1.29 is 39.1 Å². The Balaban J connectivity index is 0. The fourth-order valence-corrected chi connectivity index (χ4v) is 1.61. The van der Waals surface area contributed by atoms with Gasteiger partial charge in [0.15, 0.2) is 0 Å². The molecule has 106 valence electrons. The van der Waals surface area contributed by atoms with Gasteiger partial charge in [0.1, 0.15) is 5.60 Å². The second-order valence-corrected chi connectivity index (χ2v) is 5.02. The number of carbonyl (C=O) groups excluding carboxylic acids is 1. The fourth-order valence-electron chi connectivity index (χ4n) is 1.61. The molecule has 1 aliphatic heterocycles. The SMILES string of the molecule is CC(C)(C)OC(=O)N1CCC[C@H](N=[N+]=[N-])C1.[N-]=[N+]=[N-].[Na+]. The first-order chi connectivity index (χ1) is 8.84. The summed E-state index contributed by atoms with van der Waals surface area (Å²) in [6.07, 6.45) is 1.36. The largest absolute Gasteiger partial charge is 1.00 e. The van der Waals surface area contributed by atoms with E-state index in [-0.39, 0.29) is 41.7 Å². The second-order valence-electron chi connectivity index (χ2n) is 5.02. The van der Waals surface area contributed by atoms with Gasteiger partial charge in [-0.2, -0.15) is 0 Å². The number of azide groups is 1. The maximum absolute atomic E-state index is 11.7. The third kappa shape index (κ3) is 9.77. The Bertz CT molecular complexity index is 384. The molecular weight excluding hydrogens is 273 g/mol. The van der Waals surface area contributed by atoms with Gasteiger partial charge in [-0.05, 0) is 39.1 Å². The van der Waals surface area contributed by atoms with Crippen LogP contribution < -0.4 is 29.6 Å². The van der Waals surface area contributed by atoms with Crippen molar-refractivity contribution in [3.8, 4) is 0 Å². The standard InChI is InChI=1S/C10H18N4O2.N3.Na/c1-10(2,3)16-9(15)14-6-4-5-8(7-14)12-13-11;1-3-2;/h8H,4-7H2,1-3H3;;/q;-1;+1/t8-;;/m0../s1. The number of nitrogens with zero attached hydrogens (tertiary/aromatic N) is 7. The summed E-state index contributed by atoms with van der Waals surface area (Å²) in [6.45, 7) is 6.63. The molecule has 1 fully saturated rings. The normalized spacial score (nSPS) is 17.4. The molecule has 0 unspecified atom stereocenters.